The van der Waals surface area contributed by atoms with Crippen LogP contribution in [0.1, 0.15) is 52.1 Å². The largest absolute Gasteiger partial charge is 0.334 e. The van der Waals surface area contributed by atoms with Crippen LogP contribution in [0.2, 0.25) is 0 Å². The summed E-state index contributed by atoms with van der Waals surface area (Å²) in [6.07, 6.45) is 2.40. The Balaban J connectivity index is 1.53. The molecule has 4 rings (SSSR count). The summed E-state index contributed by atoms with van der Waals surface area (Å²) in [6.45, 7) is 4.39. The summed E-state index contributed by atoms with van der Waals surface area (Å²) in [7, 11) is 1.88. The SMILES string of the molecule is Cc1ccccc1C1CN(C(=O)c2cc(C3CC3)nn2C)CCN1. The molecule has 1 aromatic carbocycles. The van der Waals surface area contributed by atoms with E-state index >= 15 is 0 Å². The van der Waals surface area contributed by atoms with Crippen LogP contribution in [0, 0.1) is 6.92 Å². The van der Waals surface area contributed by atoms with E-state index in [0.717, 1.165) is 18.8 Å². The van der Waals surface area contributed by atoms with Gasteiger partial charge in [0.15, 0.2) is 0 Å². The van der Waals surface area contributed by atoms with Gasteiger partial charge in [0.1, 0.15) is 5.69 Å². The topological polar surface area (TPSA) is 50.2 Å². The van der Waals surface area contributed by atoms with E-state index in [4.69, 9.17) is 0 Å². The number of aryl methyl sites for hydroxylation is 2. The smallest absolute Gasteiger partial charge is 0.272 e. The molecule has 2 heterocycles. The number of amides is 1. The molecule has 0 bridgehead atoms. The Morgan fingerprint density at radius 2 is 2.08 bits per heavy atom. The quantitative estimate of drug-likeness (QED) is 0.943. The maximum absolute atomic E-state index is 13.0. The van der Waals surface area contributed by atoms with Crippen molar-refractivity contribution in [2.45, 2.75) is 31.7 Å². The molecule has 1 N–H and O–H groups in total. The predicted octanol–water partition coefficient (Wildman–Crippen LogP) is 2.39. The number of rotatable bonds is 3. The number of nitrogens with one attached hydrogen (secondary N) is 1. The molecule has 1 amide bonds. The van der Waals surface area contributed by atoms with E-state index in [1.807, 2.05) is 18.0 Å². The molecule has 0 radical (unpaired) electrons. The van der Waals surface area contributed by atoms with Gasteiger partial charge >= 0.3 is 0 Å². The number of aromatic nitrogens is 2. The summed E-state index contributed by atoms with van der Waals surface area (Å²) in [5.74, 6) is 0.664. The molecular formula is C19H24N4O. The molecule has 0 spiro atoms. The van der Waals surface area contributed by atoms with Crippen molar-refractivity contribution < 1.29 is 4.79 Å². The van der Waals surface area contributed by atoms with Crippen LogP contribution in [0.3, 0.4) is 0 Å². The van der Waals surface area contributed by atoms with Crippen molar-refractivity contribution in [2.24, 2.45) is 7.05 Å². The average Bonchev–Trinajstić information content (AvgIpc) is 3.37. The van der Waals surface area contributed by atoms with Gasteiger partial charge in [-0.05, 0) is 37.0 Å². The molecule has 2 aromatic rings. The Morgan fingerprint density at radius 1 is 1.29 bits per heavy atom. The minimum absolute atomic E-state index is 0.0944. The fraction of sp³-hybridized carbons (Fsp3) is 0.474. The Kier molecular flexibility index (Phi) is 3.88. The molecule has 1 aliphatic carbocycles. The van der Waals surface area contributed by atoms with Crippen LogP contribution in [0.4, 0.5) is 0 Å². The first-order valence-electron chi connectivity index (χ1n) is 8.75. The van der Waals surface area contributed by atoms with Gasteiger partial charge in [0.25, 0.3) is 5.91 Å². The van der Waals surface area contributed by atoms with Crippen LogP contribution >= 0.6 is 0 Å². The minimum Gasteiger partial charge on any atom is -0.334 e. The van der Waals surface area contributed by atoms with Crippen LogP contribution in [0.15, 0.2) is 30.3 Å². The van der Waals surface area contributed by atoms with Gasteiger partial charge in [-0.25, -0.2) is 0 Å². The molecule has 5 heteroatoms. The fourth-order valence-electron chi connectivity index (χ4n) is 3.55. The number of carbonyl (C=O) groups is 1. The van der Waals surface area contributed by atoms with Crippen LogP contribution in [0.5, 0.6) is 0 Å². The zero-order valence-corrected chi connectivity index (χ0v) is 14.3. The third-order valence-corrected chi connectivity index (χ3v) is 5.14. The van der Waals surface area contributed by atoms with Gasteiger partial charge in [-0.2, -0.15) is 5.10 Å². The molecular weight excluding hydrogens is 300 g/mol. The highest BCUT2D eigenvalue weighted by atomic mass is 16.2. The van der Waals surface area contributed by atoms with E-state index in [-0.39, 0.29) is 11.9 Å². The highest BCUT2D eigenvalue weighted by Crippen LogP contribution is 2.39. The van der Waals surface area contributed by atoms with Crippen molar-refractivity contribution in [3.05, 3.63) is 52.8 Å². The van der Waals surface area contributed by atoms with Crippen LogP contribution in [-0.2, 0) is 7.05 Å². The highest BCUT2D eigenvalue weighted by Gasteiger charge is 2.31. The van der Waals surface area contributed by atoms with Crippen molar-refractivity contribution in [3.63, 3.8) is 0 Å². The molecule has 1 saturated heterocycles. The lowest BCUT2D eigenvalue weighted by Crippen LogP contribution is -2.48. The van der Waals surface area contributed by atoms with Crippen molar-refractivity contribution in [1.29, 1.82) is 0 Å². The molecule has 1 aliphatic heterocycles. The second-order valence-corrected chi connectivity index (χ2v) is 6.97. The monoisotopic (exact) mass is 324 g/mol. The number of nitrogens with zero attached hydrogens (tertiary/aromatic N) is 3. The molecule has 2 fully saturated rings. The summed E-state index contributed by atoms with van der Waals surface area (Å²) >= 11 is 0. The summed E-state index contributed by atoms with van der Waals surface area (Å²) in [4.78, 5) is 14.9. The number of hydrogen-bond donors (Lipinski definition) is 1. The summed E-state index contributed by atoms with van der Waals surface area (Å²) in [6, 6.07) is 10.6. The normalized spacial score (nSPS) is 21.1. The first-order valence-corrected chi connectivity index (χ1v) is 8.75. The molecule has 1 atom stereocenters. The van der Waals surface area contributed by atoms with E-state index in [1.54, 1.807) is 4.68 Å². The number of carbonyl (C=O) groups excluding carboxylic acids is 1. The lowest BCUT2D eigenvalue weighted by molar-refractivity contribution is 0.0691. The van der Waals surface area contributed by atoms with Crippen molar-refractivity contribution >= 4 is 5.91 Å². The maximum atomic E-state index is 13.0. The zero-order valence-electron chi connectivity index (χ0n) is 14.3. The second kappa shape index (κ2) is 6.06. The van der Waals surface area contributed by atoms with Crippen LogP contribution in [-0.4, -0.2) is 40.2 Å². The molecule has 1 saturated carbocycles. The van der Waals surface area contributed by atoms with E-state index < -0.39 is 0 Å². The first-order chi connectivity index (χ1) is 11.6. The Bertz CT molecular complexity index is 762. The van der Waals surface area contributed by atoms with E-state index in [1.165, 1.54) is 24.0 Å². The van der Waals surface area contributed by atoms with Gasteiger partial charge < -0.3 is 10.2 Å². The Hall–Kier alpha value is -2.14. The van der Waals surface area contributed by atoms with E-state index in [2.05, 4.69) is 41.6 Å². The molecule has 24 heavy (non-hydrogen) atoms. The molecule has 1 aromatic heterocycles. The second-order valence-electron chi connectivity index (χ2n) is 6.97. The van der Waals surface area contributed by atoms with Crippen LogP contribution < -0.4 is 5.32 Å². The van der Waals surface area contributed by atoms with Gasteiger partial charge in [-0.15, -0.1) is 0 Å². The Labute approximate surface area is 142 Å². The van der Waals surface area contributed by atoms with Gasteiger partial charge in [0.05, 0.1) is 11.7 Å². The summed E-state index contributed by atoms with van der Waals surface area (Å²) < 4.78 is 1.75. The van der Waals surface area contributed by atoms with E-state index in [0.29, 0.717) is 18.2 Å². The average molecular weight is 324 g/mol. The van der Waals surface area contributed by atoms with E-state index in [9.17, 15) is 4.79 Å². The lowest BCUT2D eigenvalue weighted by atomic mass is 9.99. The Morgan fingerprint density at radius 3 is 2.83 bits per heavy atom. The lowest BCUT2D eigenvalue weighted by Gasteiger charge is -2.34. The number of benzene rings is 1. The predicted molar refractivity (Wildman–Crippen MR) is 93.0 cm³/mol. The molecule has 5 nitrogen and oxygen atoms in total. The molecule has 126 valence electrons. The summed E-state index contributed by atoms with van der Waals surface area (Å²) in [5, 5.41) is 8.08. The van der Waals surface area contributed by atoms with Crippen molar-refractivity contribution in [3.8, 4) is 0 Å². The number of hydrogen-bond acceptors (Lipinski definition) is 3. The molecule has 2 aliphatic rings. The van der Waals surface area contributed by atoms with Gasteiger partial charge in [-0.1, -0.05) is 24.3 Å². The van der Waals surface area contributed by atoms with Crippen LogP contribution in [0.25, 0.3) is 0 Å². The van der Waals surface area contributed by atoms with Crippen molar-refractivity contribution in [1.82, 2.24) is 20.0 Å². The third-order valence-electron chi connectivity index (χ3n) is 5.14. The van der Waals surface area contributed by atoms with Crippen molar-refractivity contribution in [2.75, 3.05) is 19.6 Å². The third kappa shape index (κ3) is 2.84. The zero-order chi connectivity index (χ0) is 16.7. The standard InChI is InChI=1S/C19H24N4O/c1-13-5-3-4-6-15(13)17-12-23(10-9-20-17)19(24)18-11-16(14-7-8-14)21-22(18)2/h3-6,11,14,17,20H,7-10,12H2,1-2H3. The highest BCUT2D eigenvalue weighted by molar-refractivity contribution is 5.93. The maximum Gasteiger partial charge on any atom is 0.272 e. The van der Waals surface area contributed by atoms with Gasteiger partial charge in [0.2, 0.25) is 0 Å². The molecule has 1 unspecified atom stereocenters. The fourth-order valence-corrected chi connectivity index (χ4v) is 3.55. The first kappa shape index (κ1) is 15.4. The minimum atomic E-state index is 0.0944. The number of piperazine rings is 1. The van der Waals surface area contributed by atoms with Gasteiger partial charge in [-0.3, -0.25) is 9.48 Å². The summed E-state index contributed by atoms with van der Waals surface area (Å²) in [5.41, 5.74) is 4.33. The van der Waals surface area contributed by atoms with Gasteiger partial charge in [0, 0.05) is 32.6 Å².